The molecule has 1 aromatic heterocycles. The van der Waals surface area contributed by atoms with E-state index in [4.69, 9.17) is 42.1 Å². The average Bonchev–Trinajstić information content (AvgIpc) is 3.49. The van der Waals surface area contributed by atoms with Crippen molar-refractivity contribution in [2.75, 3.05) is 33.3 Å². The van der Waals surface area contributed by atoms with Crippen LogP contribution in [0.25, 0.3) is 16.8 Å². The number of hydrogen-bond donors (Lipinski definition) is 2. The second-order valence-corrected chi connectivity index (χ2v) is 9.94. The standard InChI is InChI=1S/C29H25Cl2N3O7/c1-13-6-8-17-18(10-13)33-29(32-17)34-23(14-7-9-19(38-2)20(11-14)39-3)21(25(36)28(34)37)24(35)15-12-16(30)27(41-5)22(31)26(15)40-4/h6-12,23,35H,1-5H3,(H,32,33)/b24-21+. The summed E-state index contributed by atoms with van der Waals surface area (Å²) in [7, 11) is 5.67. The molecule has 1 amide bonds. The quantitative estimate of drug-likeness (QED) is 0.155. The highest BCUT2D eigenvalue weighted by Gasteiger charge is 2.49. The minimum Gasteiger partial charge on any atom is -0.507 e. The molecule has 0 saturated carbocycles. The van der Waals surface area contributed by atoms with Gasteiger partial charge in [0.25, 0.3) is 5.78 Å². The Morgan fingerprint density at radius 2 is 1.63 bits per heavy atom. The average molecular weight is 598 g/mol. The lowest BCUT2D eigenvalue weighted by Crippen LogP contribution is -2.30. The molecule has 0 bridgehead atoms. The third kappa shape index (κ3) is 4.58. The first-order valence-corrected chi connectivity index (χ1v) is 13.0. The maximum absolute atomic E-state index is 13.7. The van der Waals surface area contributed by atoms with Gasteiger partial charge in [-0.2, -0.15) is 0 Å². The molecule has 0 radical (unpaired) electrons. The SMILES string of the molecule is COc1ccc(C2/C(=C(\O)c3cc(Cl)c(OC)c(Cl)c3OC)C(=O)C(=O)N2c2nc3ccc(C)cc3[nH]2)cc1OC. The van der Waals surface area contributed by atoms with Crippen molar-refractivity contribution in [1.29, 1.82) is 0 Å². The van der Waals surface area contributed by atoms with Gasteiger partial charge < -0.3 is 29.0 Å². The van der Waals surface area contributed by atoms with Crippen LogP contribution in [-0.4, -0.2) is 55.2 Å². The number of ketones is 1. The molecule has 1 unspecified atom stereocenters. The van der Waals surface area contributed by atoms with E-state index < -0.39 is 23.5 Å². The number of aliphatic hydroxyl groups excluding tert-OH is 1. The number of aromatic nitrogens is 2. The molecule has 10 nitrogen and oxygen atoms in total. The van der Waals surface area contributed by atoms with Gasteiger partial charge in [0.1, 0.15) is 10.8 Å². The van der Waals surface area contributed by atoms with Crippen molar-refractivity contribution < 1.29 is 33.6 Å². The number of aromatic amines is 1. The smallest absolute Gasteiger partial charge is 0.302 e. The number of fused-ring (bicyclic) bond motifs is 1. The number of carbonyl (C=O) groups excluding carboxylic acids is 2. The van der Waals surface area contributed by atoms with E-state index in [0.717, 1.165) is 5.56 Å². The predicted molar refractivity (Wildman–Crippen MR) is 155 cm³/mol. The minimum absolute atomic E-state index is 0.00175. The van der Waals surface area contributed by atoms with Crippen molar-refractivity contribution in [1.82, 2.24) is 9.97 Å². The monoisotopic (exact) mass is 597 g/mol. The summed E-state index contributed by atoms with van der Waals surface area (Å²) >= 11 is 12.9. The number of aliphatic hydroxyl groups is 1. The maximum atomic E-state index is 13.7. The molecule has 4 aromatic rings. The van der Waals surface area contributed by atoms with Gasteiger partial charge in [0.15, 0.2) is 23.0 Å². The molecule has 0 spiro atoms. The Morgan fingerprint density at radius 3 is 2.29 bits per heavy atom. The van der Waals surface area contributed by atoms with Gasteiger partial charge in [0, 0.05) is 0 Å². The predicted octanol–water partition coefficient (Wildman–Crippen LogP) is 5.84. The zero-order valence-corrected chi connectivity index (χ0v) is 24.2. The highest BCUT2D eigenvalue weighted by molar-refractivity contribution is 6.51. The first-order chi connectivity index (χ1) is 19.6. The Balaban J connectivity index is 1.80. The number of benzene rings is 3. The zero-order valence-electron chi connectivity index (χ0n) is 22.7. The number of anilines is 1. The number of H-pyrrole nitrogens is 1. The summed E-state index contributed by atoms with van der Waals surface area (Å²) in [5.74, 6) is -1.40. The normalized spacial score (nSPS) is 16.4. The second kappa shape index (κ2) is 10.9. The summed E-state index contributed by atoms with van der Waals surface area (Å²) < 4.78 is 21.6. The van der Waals surface area contributed by atoms with Gasteiger partial charge in [-0.05, 0) is 48.4 Å². The minimum atomic E-state index is -1.14. The number of nitrogens with zero attached hydrogens (tertiary/aromatic N) is 2. The zero-order chi connectivity index (χ0) is 29.6. The number of aryl methyl sites for hydroxylation is 1. The molecule has 5 rings (SSSR count). The van der Waals surface area contributed by atoms with E-state index in [1.54, 1.807) is 24.3 Å². The fourth-order valence-electron chi connectivity index (χ4n) is 4.91. The van der Waals surface area contributed by atoms with E-state index >= 15 is 0 Å². The molecule has 2 heterocycles. The van der Waals surface area contributed by atoms with Crippen LogP contribution in [0.5, 0.6) is 23.0 Å². The van der Waals surface area contributed by atoms with E-state index in [0.29, 0.717) is 28.1 Å². The highest BCUT2D eigenvalue weighted by atomic mass is 35.5. The maximum Gasteiger partial charge on any atom is 0.302 e. The largest absolute Gasteiger partial charge is 0.507 e. The number of nitrogens with one attached hydrogen (secondary N) is 1. The van der Waals surface area contributed by atoms with Gasteiger partial charge in [0.05, 0.1) is 61.7 Å². The van der Waals surface area contributed by atoms with Crippen LogP contribution in [0.15, 0.2) is 48.0 Å². The Bertz CT molecular complexity index is 1750. The van der Waals surface area contributed by atoms with Crippen molar-refractivity contribution in [3.63, 3.8) is 0 Å². The van der Waals surface area contributed by atoms with Gasteiger partial charge in [-0.15, -0.1) is 0 Å². The lowest BCUT2D eigenvalue weighted by Gasteiger charge is -2.24. The Morgan fingerprint density at radius 1 is 0.927 bits per heavy atom. The van der Waals surface area contributed by atoms with Crippen LogP contribution in [-0.2, 0) is 9.59 Å². The molecule has 2 N–H and O–H groups in total. The van der Waals surface area contributed by atoms with Crippen molar-refractivity contribution in [2.24, 2.45) is 0 Å². The molecule has 1 saturated heterocycles. The van der Waals surface area contributed by atoms with Crippen LogP contribution in [0.1, 0.15) is 22.7 Å². The number of hydrogen-bond acceptors (Lipinski definition) is 8. The highest BCUT2D eigenvalue weighted by Crippen LogP contribution is 2.48. The lowest BCUT2D eigenvalue weighted by atomic mass is 9.94. The van der Waals surface area contributed by atoms with Crippen LogP contribution in [0.2, 0.25) is 10.0 Å². The first-order valence-electron chi connectivity index (χ1n) is 12.2. The van der Waals surface area contributed by atoms with E-state index in [1.807, 2.05) is 19.1 Å². The van der Waals surface area contributed by atoms with E-state index in [-0.39, 0.29) is 38.6 Å². The lowest BCUT2D eigenvalue weighted by molar-refractivity contribution is -0.132. The van der Waals surface area contributed by atoms with Crippen molar-refractivity contribution >= 4 is 57.6 Å². The van der Waals surface area contributed by atoms with Gasteiger partial charge in [-0.3, -0.25) is 14.5 Å². The van der Waals surface area contributed by atoms with Gasteiger partial charge in [-0.1, -0.05) is 35.3 Å². The van der Waals surface area contributed by atoms with Crippen LogP contribution < -0.4 is 23.8 Å². The molecular weight excluding hydrogens is 573 g/mol. The topological polar surface area (TPSA) is 123 Å². The second-order valence-electron chi connectivity index (χ2n) is 9.15. The molecule has 212 valence electrons. The fraction of sp³-hybridized carbons (Fsp3) is 0.207. The molecule has 41 heavy (non-hydrogen) atoms. The fourth-order valence-corrected chi connectivity index (χ4v) is 5.59. The third-order valence-electron chi connectivity index (χ3n) is 6.82. The van der Waals surface area contributed by atoms with Gasteiger partial charge in [-0.25, -0.2) is 4.98 Å². The van der Waals surface area contributed by atoms with Crippen molar-refractivity contribution in [3.05, 3.63) is 74.8 Å². The number of Topliss-reactive ketones (excluding diaryl/α,β-unsaturated/α-hetero) is 1. The summed E-state index contributed by atoms with van der Waals surface area (Å²) in [6.45, 7) is 1.92. The molecular formula is C29H25Cl2N3O7. The summed E-state index contributed by atoms with van der Waals surface area (Å²) in [5.41, 5.74) is 2.43. The van der Waals surface area contributed by atoms with E-state index in [9.17, 15) is 14.7 Å². The molecule has 1 aliphatic rings. The van der Waals surface area contributed by atoms with Crippen molar-refractivity contribution in [2.45, 2.75) is 13.0 Å². The van der Waals surface area contributed by atoms with Crippen molar-refractivity contribution in [3.8, 4) is 23.0 Å². The number of methoxy groups -OCH3 is 4. The van der Waals surface area contributed by atoms with Crippen LogP contribution >= 0.6 is 23.2 Å². The molecule has 12 heteroatoms. The van der Waals surface area contributed by atoms with Crippen LogP contribution in [0, 0.1) is 6.92 Å². The van der Waals surface area contributed by atoms with Gasteiger partial charge in [0.2, 0.25) is 5.95 Å². The molecule has 3 aromatic carbocycles. The molecule has 1 aliphatic heterocycles. The molecule has 1 fully saturated rings. The van der Waals surface area contributed by atoms with E-state index in [2.05, 4.69) is 9.97 Å². The molecule has 0 aliphatic carbocycles. The van der Waals surface area contributed by atoms with Gasteiger partial charge >= 0.3 is 5.91 Å². The third-order valence-corrected chi connectivity index (χ3v) is 7.44. The molecule has 1 atom stereocenters. The van der Waals surface area contributed by atoms with E-state index in [1.165, 1.54) is 39.4 Å². The summed E-state index contributed by atoms with van der Waals surface area (Å²) in [4.78, 5) is 36.3. The van der Waals surface area contributed by atoms with Crippen LogP contribution in [0.3, 0.4) is 0 Å². The number of ether oxygens (including phenoxy) is 4. The number of halogens is 2. The van der Waals surface area contributed by atoms with Crippen LogP contribution in [0.4, 0.5) is 5.95 Å². The number of amides is 1. The first kappa shape index (κ1) is 28.1. The summed E-state index contributed by atoms with van der Waals surface area (Å²) in [6.07, 6.45) is 0. The number of rotatable bonds is 7. The number of imidazole rings is 1. The Kier molecular flexibility index (Phi) is 7.46. The number of carbonyl (C=O) groups is 2. The summed E-state index contributed by atoms with van der Waals surface area (Å²) in [5, 5.41) is 11.7. The Hall–Kier alpha value is -4.41. The summed E-state index contributed by atoms with van der Waals surface area (Å²) in [6, 6.07) is 10.7. The Labute approximate surface area is 245 Å².